The quantitative estimate of drug-likeness (QED) is 0.636. The monoisotopic (exact) mass is 178 g/mol. The molecule has 0 atom stereocenters. The number of hydrogen-bond donors (Lipinski definition) is 0. The van der Waals surface area contributed by atoms with Crippen molar-refractivity contribution in [3.05, 3.63) is 18.0 Å². The molecule has 4 heteroatoms. The zero-order chi connectivity index (χ0) is 9.26. The second-order valence-electron chi connectivity index (χ2n) is 3.50. The Bertz CT molecular complexity index is 326. The van der Waals surface area contributed by atoms with Crippen molar-refractivity contribution in [1.82, 2.24) is 19.9 Å². The Kier molecular flexibility index (Phi) is 2.14. The first-order valence-electron chi connectivity index (χ1n) is 4.52. The van der Waals surface area contributed by atoms with Crippen LogP contribution >= 0.6 is 0 Å². The van der Waals surface area contributed by atoms with Gasteiger partial charge in [-0.2, -0.15) is 15.0 Å². The zero-order valence-corrected chi connectivity index (χ0v) is 8.06. The van der Waals surface area contributed by atoms with Crippen LogP contribution in [0.25, 0.3) is 5.70 Å². The molecular formula is C9H14N4. The lowest BCUT2D eigenvalue weighted by atomic mass is 10.2. The summed E-state index contributed by atoms with van der Waals surface area (Å²) in [6, 6.07) is 0. The summed E-state index contributed by atoms with van der Waals surface area (Å²) in [6.07, 6.45) is 5.08. The molecule has 0 unspecified atom stereocenters. The van der Waals surface area contributed by atoms with Gasteiger partial charge in [0.25, 0.3) is 0 Å². The molecule has 1 aliphatic rings. The molecule has 4 nitrogen and oxygen atoms in total. The Labute approximate surface area is 77.8 Å². The van der Waals surface area contributed by atoms with Crippen molar-refractivity contribution in [2.75, 3.05) is 20.1 Å². The van der Waals surface area contributed by atoms with Crippen LogP contribution in [-0.4, -0.2) is 40.0 Å². The number of nitrogens with zero attached hydrogens (tertiary/aromatic N) is 4. The van der Waals surface area contributed by atoms with E-state index >= 15 is 0 Å². The van der Waals surface area contributed by atoms with Crippen LogP contribution in [0.1, 0.15) is 12.1 Å². The lowest BCUT2D eigenvalue weighted by molar-refractivity contribution is 0.362. The highest BCUT2D eigenvalue weighted by atomic mass is 15.5. The SMILES string of the molecule is Cc1cnn(C2=CCCN(C)C2)n1. The average Bonchev–Trinajstić information content (AvgIpc) is 2.52. The minimum Gasteiger partial charge on any atom is -0.300 e. The molecule has 70 valence electrons. The fourth-order valence-corrected chi connectivity index (χ4v) is 1.49. The minimum atomic E-state index is 0.939. The van der Waals surface area contributed by atoms with Crippen LogP contribution < -0.4 is 0 Å². The Hall–Kier alpha value is -1.16. The Morgan fingerprint density at radius 2 is 2.31 bits per heavy atom. The van der Waals surface area contributed by atoms with Gasteiger partial charge in [0.2, 0.25) is 0 Å². The molecule has 0 saturated heterocycles. The van der Waals surface area contributed by atoms with Gasteiger partial charge >= 0.3 is 0 Å². The highest BCUT2D eigenvalue weighted by Crippen LogP contribution is 2.10. The van der Waals surface area contributed by atoms with Gasteiger partial charge in [-0.3, -0.25) is 0 Å². The summed E-state index contributed by atoms with van der Waals surface area (Å²) in [5.41, 5.74) is 2.15. The van der Waals surface area contributed by atoms with E-state index in [0.29, 0.717) is 0 Å². The van der Waals surface area contributed by atoms with Crippen molar-refractivity contribution < 1.29 is 0 Å². The van der Waals surface area contributed by atoms with E-state index in [-0.39, 0.29) is 0 Å². The highest BCUT2D eigenvalue weighted by Gasteiger charge is 2.11. The highest BCUT2D eigenvalue weighted by molar-refractivity contribution is 5.45. The molecule has 0 radical (unpaired) electrons. The summed E-state index contributed by atoms with van der Waals surface area (Å²) in [4.78, 5) is 4.00. The number of rotatable bonds is 1. The van der Waals surface area contributed by atoms with Crippen molar-refractivity contribution in [1.29, 1.82) is 0 Å². The van der Waals surface area contributed by atoms with Gasteiger partial charge < -0.3 is 4.90 Å². The van der Waals surface area contributed by atoms with Crippen molar-refractivity contribution in [2.45, 2.75) is 13.3 Å². The van der Waals surface area contributed by atoms with Crippen molar-refractivity contribution in [2.24, 2.45) is 0 Å². The maximum absolute atomic E-state index is 4.28. The van der Waals surface area contributed by atoms with Crippen LogP contribution in [0.3, 0.4) is 0 Å². The van der Waals surface area contributed by atoms with Crippen LogP contribution in [0.5, 0.6) is 0 Å². The number of likely N-dealkylation sites (N-methyl/N-ethyl adjacent to an activating group) is 1. The van der Waals surface area contributed by atoms with Gasteiger partial charge in [-0.1, -0.05) is 6.08 Å². The van der Waals surface area contributed by atoms with E-state index in [2.05, 4.69) is 28.2 Å². The fraction of sp³-hybridized carbons (Fsp3) is 0.556. The first-order valence-corrected chi connectivity index (χ1v) is 4.52. The first kappa shape index (κ1) is 8.44. The normalized spacial score (nSPS) is 18.8. The van der Waals surface area contributed by atoms with Gasteiger partial charge in [0.1, 0.15) is 0 Å². The van der Waals surface area contributed by atoms with E-state index in [1.54, 1.807) is 11.0 Å². The molecule has 0 aliphatic carbocycles. The largest absolute Gasteiger partial charge is 0.300 e. The smallest absolute Gasteiger partial charge is 0.0800 e. The molecule has 0 N–H and O–H groups in total. The summed E-state index contributed by atoms with van der Waals surface area (Å²) in [5.74, 6) is 0. The molecule has 0 fully saturated rings. The minimum absolute atomic E-state index is 0.939. The third kappa shape index (κ3) is 1.78. The van der Waals surface area contributed by atoms with Crippen LogP contribution in [0.15, 0.2) is 12.3 Å². The Morgan fingerprint density at radius 3 is 2.92 bits per heavy atom. The van der Waals surface area contributed by atoms with E-state index < -0.39 is 0 Å². The molecule has 0 aromatic carbocycles. The molecule has 13 heavy (non-hydrogen) atoms. The zero-order valence-electron chi connectivity index (χ0n) is 8.06. The van der Waals surface area contributed by atoms with E-state index in [4.69, 9.17) is 0 Å². The van der Waals surface area contributed by atoms with E-state index in [1.807, 2.05) is 6.92 Å². The van der Waals surface area contributed by atoms with Gasteiger partial charge in [0, 0.05) is 13.1 Å². The third-order valence-electron chi connectivity index (χ3n) is 2.19. The lowest BCUT2D eigenvalue weighted by Gasteiger charge is -2.21. The maximum atomic E-state index is 4.28. The predicted octanol–water partition coefficient (Wildman–Crippen LogP) is 0.763. The summed E-state index contributed by atoms with van der Waals surface area (Å²) < 4.78 is 0. The molecule has 2 rings (SSSR count). The molecule has 0 amide bonds. The molecule has 1 aromatic heterocycles. The summed E-state index contributed by atoms with van der Waals surface area (Å²) in [6.45, 7) is 4.02. The van der Waals surface area contributed by atoms with Gasteiger partial charge in [-0.05, 0) is 20.4 Å². The van der Waals surface area contributed by atoms with Crippen molar-refractivity contribution in [3.8, 4) is 0 Å². The molecule has 2 heterocycles. The van der Waals surface area contributed by atoms with Crippen LogP contribution in [-0.2, 0) is 0 Å². The predicted molar refractivity (Wildman–Crippen MR) is 51.1 cm³/mol. The Balaban J connectivity index is 2.21. The van der Waals surface area contributed by atoms with Crippen molar-refractivity contribution >= 4 is 5.70 Å². The Morgan fingerprint density at radius 1 is 1.46 bits per heavy atom. The van der Waals surface area contributed by atoms with E-state index in [9.17, 15) is 0 Å². The van der Waals surface area contributed by atoms with Crippen molar-refractivity contribution in [3.63, 3.8) is 0 Å². The second kappa shape index (κ2) is 3.30. The van der Waals surface area contributed by atoms with E-state index in [1.165, 1.54) is 5.70 Å². The standard InChI is InChI=1S/C9H14N4/c1-8-6-10-13(11-8)9-4-3-5-12(2)7-9/h4,6H,3,5,7H2,1-2H3. The number of hydrogen-bond acceptors (Lipinski definition) is 3. The molecule has 0 saturated carbocycles. The van der Waals surface area contributed by atoms with E-state index in [0.717, 1.165) is 25.2 Å². The van der Waals surface area contributed by atoms with Gasteiger partial charge in [0.15, 0.2) is 0 Å². The van der Waals surface area contributed by atoms with Gasteiger partial charge in [-0.15, -0.1) is 0 Å². The van der Waals surface area contributed by atoms with Crippen LogP contribution in [0, 0.1) is 6.92 Å². The van der Waals surface area contributed by atoms with Gasteiger partial charge in [-0.25, -0.2) is 0 Å². The molecule has 0 bridgehead atoms. The first-order chi connectivity index (χ1) is 6.25. The summed E-state index contributed by atoms with van der Waals surface area (Å²) >= 11 is 0. The summed E-state index contributed by atoms with van der Waals surface area (Å²) in [5, 5.41) is 8.46. The van der Waals surface area contributed by atoms with Gasteiger partial charge in [0.05, 0.1) is 17.6 Å². The maximum Gasteiger partial charge on any atom is 0.0800 e. The van der Waals surface area contributed by atoms with Crippen LogP contribution in [0.2, 0.25) is 0 Å². The summed E-state index contributed by atoms with van der Waals surface area (Å²) in [7, 11) is 2.11. The topological polar surface area (TPSA) is 34.0 Å². The number of aryl methyl sites for hydroxylation is 1. The molecule has 1 aromatic rings. The fourth-order valence-electron chi connectivity index (χ4n) is 1.49. The average molecular weight is 178 g/mol. The third-order valence-corrected chi connectivity index (χ3v) is 2.19. The lowest BCUT2D eigenvalue weighted by Crippen LogP contribution is -2.27. The van der Waals surface area contributed by atoms with Crippen LogP contribution in [0.4, 0.5) is 0 Å². The molecule has 0 spiro atoms. The molecule has 1 aliphatic heterocycles. The second-order valence-corrected chi connectivity index (χ2v) is 3.50. The molecular weight excluding hydrogens is 164 g/mol. The number of aromatic nitrogens is 3.